The first-order valence-corrected chi connectivity index (χ1v) is 6.40. The lowest BCUT2D eigenvalue weighted by molar-refractivity contribution is 0.451. The average molecular weight is 361 g/mol. The van der Waals surface area contributed by atoms with Crippen molar-refractivity contribution in [3.8, 4) is 11.6 Å². The van der Waals surface area contributed by atoms with E-state index in [0.717, 1.165) is 10.0 Å². The Labute approximate surface area is 115 Å². The first kappa shape index (κ1) is 12.5. The van der Waals surface area contributed by atoms with E-state index in [9.17, 15) is 4.39 Å². The van der Waals surface area contributed by atoms with Crippen molar-refractivity contribution < 1.29 is 9.13 Å². The van der Waals surface area contributed by atoms with E-state index in [2.05, 4.69) is 36.8 Å². The van der Waals surface area contributed by atoms with Crippen LogP contribution in [0.2, 0.25) is 0 Å². The van der Waals surface area contributed by atoms with Crippen LogP contribution in [0.1, 0.15) is 5.56 Å². The molecular formula is C12H8Br2FNO. The van der Waals surface area contributed by atoms with Crippen molar-refractivity contribution in [3.63, 3.8) is 0 Å². The van der Waals surface area contributed by atoms with Gasteiger partial charge in [-0.25, -0.2) is 9.37 Å². The van der Waals surface area contributed by atoms with Gasteiger partial charge in [0.15, 0.2) is 0 Å². The number of aromatic nitrogens is 1. The molecular weight excluding hydrogens is 353 g/mol. The highest BCUT2D eigenvalue weighted by atomic mass is 79.9. The van der Waals surface area contributed by atoms with Crippen molar-refractivity contribution in [2.45, 2.75) is 6.92 Å². The number of benzene rings is 1. The lowest BCUT2D eigenvalue weighted by Gasteiger charge is -2.09. The lowest BCUT2D eigenvalue weighted by Crippen LogP contribution is -1.92. The topological polar surface area (TPSA) is 22.1 Å². The Kier molecular flexibility index (Phi) is 3.79. The van der Waals surface area contributed by atoms with Crippen molar-refractivity contribution >= 4 is 31.9 Å². The predicted octanol–water partition coefficient (Wildman–Crippen LogP) is 4.85. The number of aryl methyl sites for hydroxylation is 1. The van der Waals surface area contributed by atoms with Crippen LogP contribution in [0.4, 0.5) is 4.39 Å². The number of nitrogens with zero attached hydrogens (tertiary/aromatic N) is 1. The molecule has 0 saturated carbocycles. The first-order valence-electron chi connectivity index (χ1n) is 4.81. The van der Waals surface area contributed by atoms with Crippen molar-refractivity contribution in [3.05, 3.63) is 50.8 Å². The van der Waals surface area contributed by atoms with E-state index < -0.39 is 0 Å². The lowest BCUT2D eigenvalue weighted by atomic mass is 10.2. The van der Waals surface area contributed by atoms with Crippen LogP contribution in [0.15, 0.2) is 39.4 Å². The molecule has 2 aromatic rings. The SMILES string of the molecule is Cc1ccc(F)cc1Oc1ncc(Br)cc1Br. The largest absolute Gasteiger partial charge is 0.437 e. The van der Waals surface area contributed by atoms with Crippen molar-refractivity contribution in [2.24, 2.45) is 0 Å². The minimum Gasteiger partial charge on any atom is -0.437 e. The van der Waals surface area contributed by atoms with Crippen LogP contribution in [-0.2, 0) is 0 Å². The fourth-order valence-electron chi connectivity index (χ4n) is 1.27. The molecule has 0 atom stereocenters. The summed E-state index contributed by atoms with van der Waals surface area (Å²) >= 11 is 6.64. The molecule has 0 radical (unpaired) electrons. The molecule has 5 heteroatoms. The zero-order chi connectivity index (χ0) is 12.4. The van der Waals surface area contributed by atoms with Gasteiger partial charge in [0.05, 0.1) is 4.47 Å². The van der Waals surface area contributed by atoms with Gasteiger partial charge in [-0.3, -0.25) is 0 Å². The Hall–Kier alpha value is -0.940. The highest BCUT2D eigenvalue weighted by Gasteiger charge is 2.08. The maximum atomic E-state index is 13.1. The normalized spacial score (nSPS) is 10.4. The fourth-order valence-corrected chi connectivity index (χ4v) is 2.33. The summed E-state index contributed by atoms with van der Waals surface area (Å²) in [5, 5.41) is 0. The Morgan fingerprint density at radius 2 is 2.00 bits per heavy atom. The summed E-state index contributed by atoms with van der Waals surface area (Å²) in [4.78, 5) is 4.11. The number of halogens is 3. The van der Waals surface area contributed by atoms with Gasteiger partial charge in [-0.05, 0) is 56.5 Å². The molecule has 0 bridgehead atoms. The maximum absolute atomic E-state index is 13.1. The zero-order valence-corrected chi connectivity index (χ0v) is 12.0. The smallest absolute Gasteiger partial charge is 0.233 e. The monoisotopic (exact) mass is 359 g/mol. The summed E-state index contributed by atoms with van der Waals surface area (Å²) < 4.78 is 20.2. The third-order valence-corrected chi connectivity index (χ3v) is 3.13. The van der Waals surface area contributed by atoms with E-state index in [4.69, 9.17) is 4.74 Å². The van der Waals surface area contributed by atoms with Crippen LogP contribution in [0.5, 0.6) is 11.6 Å². The summed E-state index contributed by atoms with van der Waals surface area (Å²) in [5.74, 6) is 0.529. The second kappa shape index (κ2) is 5.14. The molecule has 0 fully saturated rings. The molecule has 0 aliphatic heterocycles. The number of ether oxygens (including phenoxy) is 1. The predicted molar refractivity (Wildman–Crippen MR) is 70.8 cm³/mol. The Morgan fingerprint density at radius 3 is 2.71 bits per heavy atom. The Balaban J connectivity index is 2.34. The van der Waals surface area contributed by atoms with Crippen LogP contribution in [-0.4, -0.2) is 4.98 Å². The van der Waals surface area contributed by atoms with Gasteiger partial charge in [-0.2, -0.15) is 0 Å². The van der Waals surface area contributed by atoms with Gasteiger partial charge >= 0.3 is 0 Å². The van der Waals surface area contributed by atoms with E-state index in [1.165, 1.54) is 12.1 Å². The van der Waals surface area contributed by atoms with Crippen LogP contribution in [0, 0.1) is 12.7 Å². The van der Waals surface area contributed by atoms with Crippen LogP contribution in [0.25, 0.3) is 0 Å². The van der Waals surface area contributed by atoms with Gasteiger partial charge in [0, 0.05) is 16.7 Å². The standard InChI is InChI=1S/C12H8Br2FNO/c1-7-2-3-9(15)5-11(7)17-12-10(14)4-8(13)6-16-12/h2-6H,1H3. The summed E-state index contributed by atoms with van der Waals surface area (Å²) in [6.45, 7) is 1.85. The molecule has 2 nitrogen and oxygen atoms in total. The van der Waals surface area contributed by atoms with Crippen molar-refractivity contribution in [1.82, 2.24) is 4.98 Å². The molecule has 0 unspecified atom stereocenters. The second-order valence-corrected chi connectivity index (χ2v) is 5.22. The third-order valence-electron chi connectivity index (χ3n) is 2.13. The molecule has 0 amide bonds. The van der Waals surface area contributed by atoms with Gasteiger partial charge < -0.3 is 4.74 Å². The molecule has 0 spiro atoms. The molecule has 0 saturated heterocycles. The summed E-state index contributed by atoms with van der Waals surface area (Å²) in [7, 11) is 0. The molecule has 1 aromatic carbocycles. The van der Waals surface area contributed by atoms with Gasteiger partial charge in [0.25, 0.3) is 0 Å². The molecule has 1 aromatic heterocycles. The number of hydrogen-bond acceptors (Lipinski definition) is 2. The maximum Gasteiger partial charge on any atom is 0.233 e. The third kappa shape index (κ3) is 3.04. The van der Waals surface area contributed by atoms with E-state index >= 15 is 0 Å². The number of rotatable bonds is 2. The highest BCUT2D eigenvalue weighted by molar-refractivity contribution is 9.11. The minimum atomic E-state index is -0.334. The molecule has 0 aliphatic carbocycles. The molecule has 2 rings (SSSR count). The van der Waals surface area contributed by atoms with E-state index in [-0.39, 0.29) is 5.82 Å². The fraction of sp³-hybridized carbons (Fsp3) is 0.0833. The summed E-state index contributed by atoms with van der Waals surface area (Å²) in [5.41, 5.74) is 0.850. The van der Waals surface area contributed by atoms with E-state index in [1.54, 1.807) is 12.3 Å². The van der Waals surface area contributed by atoms with Crippen molar-refractivity contribution in [1.29, 1.82) is 0 Å². The van der Waals surface area contributed by atoms with E-state index in [0.29, 0.717) is 16.1 Å². The average Bonchev–Trinajstić information content (AvgIpc) is 2.27. The van der Waals surface area contributed by atoms with Gasteiger partial charge in [0.1, 0.15) is 11.6 Å². The quantitative estimate of drug-likeness (QED) is 0.763. The second-order valence-electron chi connectivity index (χ2n) is 3.45. The van der Waals surface area contributed by atoms with Crippen LogP contribution < -0.4 is 4.74 Å². The van der Waals surface area contributed by atoms with Gasteiger partial charge in [-0.1, -0.05) is 6.07 Å². The summed E-state index contributed by atoms with van der Waals surface area (Å²) in [6.07, 6.45) is 1.62. The van der Waals surface area contributed by atoms with Gasteiger partial charge in [-0.15, -0.1) is 0 Å². The van der Waals surface area contributed by atoms with Crippen LogP contribution in [0.3, 0.4) is 0 Å². The molecule has 17 heavy (non-hydrogen) atoms. The molecule has 1 heterocycles. The first-order chi connectivity index (χ1) is 8.06. The Morgan fingerprint density at radius 1 is 1.24 bits per heavy atom. The molecule has 0 aliphatic rings. The summed E-state index contributed by atoms with van der Waals surface area (Å²) in [6, 6.07) is 6.21. The van der Waals surface area contributed by atoms with Crippen LogP contribution >= 0.6 is 31.9 Å². The zero-order valence-electron chi connectivity index (χ0n) is 8.88. The molecule has 0 N–H and O–H groups in total. The number of pyridine rings is 1. The van der Waals surface area contributed by atoms with Gasteiger partial charge in [0.2, 0.25) is 5.88 Å². The minimum absolute atomic E-state index is 0.334. The van der Waals surface area contributed by atoms with Crippen molar-refractivity contribution in [2.75, 3.05) is 0 Å². The highest BCUT2D eigenvalue weighted by Crippen LogP contribution is 2.31. The molecule has 88 valence electrons. The van der Waals surface area contributed by atoms with E-state index in [1.807, 2.05) is 13.0 Å². The Bertz CT molecular complexity index is 560. The number of hydrogen-bond donors (Lipinski definition) is 0.